The fraction of sp³-hybridized carbons (Fsp3) is 0.261. The van der Waals surface area contributed by atoms with Crippen LogP contribution >= 0.6 is 22.9 Å². The zero-order valence-electron chi connectivity index (χ0n) is 18.6. The summed E-state index contributed by atoms with van der Waals surface area (Å²) in [4.78, 5) is 13.7. The predicted octanol–water partition coefficient (Wildman–Crippen LogP) is 5.09. The number of sulfonamides is 1. The second-order valence-electron chi connectivity index (χ2n) is 8.11. The number of benzene rings is 1. The topological polar surface area (TPSA) is 99.0 Å². The molecule has 1 fully saturated rings. The highest BCUT2D eigenvalue weighted by atomic mass is 35.5. The van der Waals surface area contributed by atoms with Crippen molar-refractivity contribution in [3.05, 3.63) is 65.0 Å². The van der Waals surface area contributed by atoms with Crippen LogP contribution in [0.25, 0.3) is 21.8 Å². The van der Waals surface area contributed by atoms with Gasteiger partial charge in [0.15, 0.2) is 5.82 Å². The molecule has 0 unspecified atom stereocenters. The Morgan fingerprint density at radius 1 is 1.20 bits per heavy atom. The molecule has 0 radical (unpaired) electrons. The van der Waals surface area contributed by atoms with E-state index in [2.05, 4.69) is 14.7 Å². The highest BCUT2D eigenvalue weighted by Crippen LogP contribution is 2.42. The Morgan fingerprint density at radius 2 is 2.00 bits per heavy atom. The van der Waals surface area contributed by atoms with Gasteiger partial charge >= 0.3 is 0 Å². The van der Waals surface area contributed by atoms with Gasteiger partial charge in [-0.3, -0.25) is 4.72 Å². The van der Waals surface area contributed by atoms with Gasteiger partial charge in [-0.15, -0.1) is 11.3 Å². The van der Waals surface area contributed by atoms with Gasteiger partial charge in [-0.1, -0.05) is 6.07 Å². The van der Waals surface area contributed by atoms with E-state index in [0.717, 1.165) is 17.8 Å². The van der Waals surface area contributed by atoms with E-state index in [9.17, 15) is 8.42 Å². The van der Waals surface area contributed by atoms with Crippen molar-refractivity contribution in [3.8, 4) is 21.8 Å². The van der Waals surface area contributed by atoms with E-state index >= 15 is 4.39 Å². The molecule has 1 saturated heterocycles. The van der Waals surface area contributed by atoms with Crippen LogP contribution in [-0.2, 0) is 21.8 Å². The number of aromatic nitrogens is 4. The van der Waals surface area contributed by atoms with Crippen molar-refractivity contribution in [1.82, 2.24) is 19.5 Å². The molecule has 0 aliphatic carbocycles. The summed E-state index contributed by atoms with van der Waals surface area (Å²) in [6, 6.07) is 7.68. The fourth-order valence-electron chi connectivity index (χ4n) is 3.91. The smallest absolute Gasteiger partial charge is 0.263 e. The zero-order valence-corrected chi connectivity index (χ0v) is 21.0. The summed E-state index contributed by atoms with van der Waals surface area (Å²) in [6.45, 7) is 1.28. The van der Waals surface area contributed by atoms with Crippen LogP contribution in [-0.4, -0.2) is 41.2 Å². The molecule has 35 heavy (non-hydrogen) atoms. The maximum atomic E-state index is 15.8. The summed E-state index contributed by atoms with van der Waals surface area (Å²) < 4.78 is 50.8. The number of anilines is 1. The van der Waals surface area contributed by atoms with Crippen molar-refractivity contribution in [2.45, 2.75) is 23.7 Å². The molecule has 8 nitrogen and oxygen atoms in total. The molecule has 1 aliphatic rings. The van der Waals surface area contributed by atoms with Crippen molar-refractivity contribution in [3.63, 3.8) is 0 Å². The van der Waals surface area contributed by atoms with E-state index in [1.165, 1.54) is 35.9 Å². The lowest BCUT2D eigenvalue weighted by molar-refractivity contribution is 0.0853. The molecule has 0 saturated carbocycles. The quantitative estimate of drug-likeness (QED) is 0.346. The molecule has 5 rings (SSSR count). The average Bonchev–Trinajstić information content (AvgIpc) is 3.48. The van der Waals surface area contributed by atoms with Crippen molar-refractivity contribution < 1.29 is 17.5 Å². The molecule has 3 aromatic heterocycles. The van der Waals surface area contributed by atoms with Gasteiger partial charge in [0, 0.05) is 50.3 Å². The largest absolute Gasteiger partial charge is 0.381 e. The number of halogens is 2. The van der Waals surface area contributed by atoms with Gasteiger partial charge in [-0.05, 0) is 48.7 Å². The van der Waals surface area contributed by atoms with E-state index in [1.807, 2.05) is 0 Å². The van der Waals surface area contributed by atoms with Gasteiger partial charge in [0.2, 0.25) is 5.28 Å². The van der Waals surface area contributed by atoms with Gasteiger partial charge in [0.1, 0.15) is 4.90 Å². The molecular weight excluding hydrogens is 513 g/mol. The van der Waals surface area contributed by atoms with Crippen LogP contribution in [0.4, 0.5) is 10.1 Å². The molecule has 12 heteroatoms. The lowest BCUT2D eigenvalue weighted by atomic mass is 10.0. The van der Waals surface area contributed by atoms with Crippen molar-refractivity contribution in [1.29, 1.82) is 0 Å². The first-order valence-corrected chi connectivity index (χ1v) is 13.5. The van der Waals surface area contributed by atoms with Gasteiger partial charge in [0.05, 0.1) is 27.0 Å². The molecule has 1 aliphatic heterocycles. The normalized spacial score (nSPS) is 14.8. The fourth-order valence-corrected chi connectivity index (χ4v) is 6.38. The summed E-state index contributed by atoms with van der Waals surface area (Å²) >= 11 is 7.46. The highest BCUT2D eigenvalue weighted by Gasteiger charge is 2.26. The minimum absolute atomic E-state index is 0.0385. The van der Waals surface area contributed by atoms with Crippen LogP contribution in [0.2, 0.25) is 5.28 Å². The number of rotatable bonds is 6. The maximum absolute atomic E-state index is 15.8. The van der Waals surface area contributed by atoms with E-state index < -0.39 is 15.8 Å². The zero-order chi connectivity index (χ0) is 24.6. The maximum Gasteiger partial charge on any atom is 0.263 e. The number of ether oxygens (including phenoxy) is 1. The van der Waals surface area contributed by atoms with Crippen molar-refractivity contribution in [2.75, 3.05) is 17.9 Å². The summed E-state index contributed by atoms with van der Waals surface area (Å²) in [5.74, 6) is -0.543. The molecule has 0 bridgehead atoms. The van der Waals surface area contributed by atoms with E-state index in [1.54, 1.807) is 36.0 Å². The van der Waals surface area contributed by atoms with Gasteiger partial charge in [-0.25, -0.2) is 27.8 Å². The Hall–Kier alpha value is -2.86. The first-order chi connectivity index (χ1) is 16.8. The number of hydrogen-bond acceptors (Lipinski definition) is 7. The van der Waals surface area contributed by atoms with Gasteiger partial charge in [-0.2, -0.15) is 0 Å². The Labute approximate surface area is 210 Å². The second kappa shape index (κ2) is 9.65. The third kappa shape index (κ3) is 4.94. The molecule has 0 atom stereocenters. The predicted molar refractivity (Wildman–Crippen MR) is 133 cm³/mol. The third-order valence-electron chi connectivity index (χ3n) is 5.69. The summed E-state index contributed by atoms with van der Waals surface area (Å²) in [6.07, 6.45) is 6.21. The number of aryl methyl sites for hydroxylation is 1. The Balaban J connectivity index is 1.59. The molecule has 4 aromatic rings. The Morgan fingerprint density at radius 3 is 2.71 bits per heavy atom. The number of nitrogens with zero attached hydrogens (tertiary/aromatic N) is 4. The number of nitrogens with one attached hydrogen (secondary N) is 1. The lowest BCUT2D eigenvalue weighted by Gasteiger charge is -2.19. The average molecular weight is 534 g/mol. The van der Waals surface area contributed by atoms with Crippen LogP contribution in [0.5, 0.6) is 0 Å². The first-order valence-electron chi connectivity index (χ1n) is 10.8. The summed E-state index contributed by atoms with van der Waals surface area (Å²) in [5.41, 5.74) is 0.895. The van der Waals surface area contributed by atoms with E-state index in [-0.39, 0.29) is 27.3 Å². The molecule has 1 aromatic carbocycles. The Kier molecular flexibility index (Phi) is 6.58. The van der Waals surface area contributed by atoms with Crippen LogP contribution in [0.15, 0.2) is 53.8 Å². The van der Waals surface area contributed by atoms with Gasteiger partial charge in [0.25, 0.3) is 10.0 Å². The number of thiazole rings is 1. The van der Waals surface area contributed by atoms with Gasteiger partial charge < -0.3 is 9.30 Å². The summed E-state index contributed by atoms with van der Waals surface area (Å²) in [5, 5.41) is 0.919. The SMILES string of the molecule is Cn1ccc(S(=O)(=O)Nc2cccc(-c3nc(C4CCOCC4)sc3-c3ccnc(Cl)n3)c2F)c1. The molecular formula is C23H21ClFN5O3S2. The first kappa shape index (κ1) is 23.9. The monoisotopic (exact) mass is 533 g/mol. The van der Waals surface area contributed by atoms with Crippen LogP contribution in [0.1, 0.15) is 23.8 Å². The third-order valence-corrected chi connectivity index (χ3v) is 8.46. The minimum atomic E-state index is -3.97. The molecule has 4 heterocycles. The van der Waals surface area contributed by atoms with Crippen LogP contribution in [0, 0.1) is 5.82 Å². The Bertz CT molecular complexity index is 1480. The minimum Gasteiger partial charge on any atom is -0.381 e. The molecule has 1 N–H and O–H groups in total. The second-order valence-corrected chi connectivity index (χ2v) is 11.2. The summed E-state index contributed by atoms with van der Waals surface area (Å²) in [7, 11) is -2.27. The molecule has 182 valence electrons. The molecule has 0 amide bonds. The lowest BCUT2D eigenvalue weighted by Crippen LogP contribution is -2.14. The van der Waals surface area contributed by atoms with E-state index in [0.29, 0.717) is 29.5 Å². The number of hydrogen-bond donors (Lipinski definition) is 1. The van der Waals surface area contributed by atoms with Crippen LogP contribution < -0.4 is 4.72 Å². The highest BCUT2D eigenvalue weighted by molar-refractivity contribution is 7.92. The van der Waals surface area contributed by atoms with Crippen molar-refractivity contribution >= 4 is 38.6 Å². The van der Waals surface area contributed by atoms with E-state index in [4.69, 9.17) is 21.3 Å². The van der Waals surface area contributed by atoms with Crippen molar-refractivity contribution in [2.24, 2.45) is 7.05 Å². The van der Waals surface area contributed by atoms with Crippen LogP contribution in [0.3, 0.4) is 0 Å². The standard InChI is InChI=1S/C23H21ClFN5O3S2/c1-30-10-6-15(13-30)35(31,32)29-17-4-2-3-16(19(17)25)20-21(18-5-9-26-23(24)27-18)34-22(28-20)14-7-11-33-12-8-14/h2-6,9-10,13-14,29H,7-8,11-12H2,1H3. The molecule has 0 spiro atoms.